The summed E-state index contributed by atoms with van der Waals surface area (Å²) in [5.41, 5.74) is -0.0954. The molecule has 2 rings (SSSR count). The summed E-state index contributed by atoms with van der Waals surface area (Å²) in [6.45, 7) is 0. The summed E-state index contributed by atoms with van der Waals surface area (Å²) in [4.78, 5) is 10.8. The monoisotopic (exact) mass is 286 g/mol. The van der Waals surface area contributed by atoms with E-state index >= 15 is 0 Å². The van der Waals surface area contributed by atoms with Crippen LogP contribution in [0.15, 0.2) is 24.3 Å². The van der Waals surface area contributed by atoms with Crippen molar-refractivity contribution in [2.24, 2.45) is 7.05 Å². The van der Waals surface area contributed by atoms with Crippen LogP contribution in [0.5, 0.6) is 0 Å². The highest BCUT2D eigenvalue weighted by atomic mass is 35.5. The second kappa shape index (κ2) is 4.97. The van der Waals surface area contributed by atoms with Crippen molar-refractivity contribution >= 4 is 17.6 Å². The molecular formula is C12H9ClF2N2O2. The van der Waals surface area contributed by atoms with Crippen molar-refractivity contribution < 1.29 is 18.7 Å². The van der Waals surface area contributed by atoms with E-state index in [1.165, 1.54) is 36.0 Å². The molecule has 0 aliphatic carbocycles. The van der Waals surface area contributed by atoms with Crippen LogP contribution in [0.3, 0.4) is 0 Å². The fourth-order valence-electron chi connectivity index (χ4n) is 1.81. The lowest BCUT2D eigenvalue weighted by atomic mass is 10.0. The molecule has 100 valence electrons. The highest BCUT2D eigenvalue weighted by molar-refractivity contribution is 6.31. The smallest absolute Gasteiger partial charge is 0.356 e. The van der Waals surface area contributed by atoms with Crippen LogP contribution in [0, 0.1) is 0 Å². The third-order valence-electron chi connectivity index (χ3n) is 2.65. The largest absolute Gasteiger partial charge is 0.476 e. The first-order valence-electron chi connectivity index (χ1n) is 5.26. The molecule has 0 aliphatic heterocycles. The van der Waals surface area contributed by atoms with Gasteiger partial charge >= 0.3 is 5.97 Å². The Kier molecular flexibility index (Phi) is 3.53. The van der Waals surface area contributed by atoms with Crippen LogP contribution in [-0.2, 0) is 7.05 Å². The molecule has 4 nitrogen and oxygen atoms in total. The SMILES string of the molecule is Cn1nc(C(=O)O)cc1-c1cccc(Cl)c1C(F)F. The lowest BCUT2D eigenvalue weighted by molar-refractivity contribution is 0.0689. The lowest BCUT2D eigenvalue weighted by Crippen LogP contribution is -2.00. The molecule has 0 radical (unpaired) electrons. The second-order valence-electron chi connectivity index (χ2n) is 3.85. The molecule has 0 fully saturated rings. The van der Waals surface area contributed by atoms with Crippen LogP contribution in [0.1, 0.15) is 22.5 Å². The summed E-state index contributed by atoms with van der Waals surface area (Å²) in [6.07, 6.45) is -2.76. The minimum atomic E-state index is -2.76. The van der Waals surface area contributed by atoms with E-state index in [2.05, 4.69) is 5.10 Å². The van der Waals surface area contributed by atoms with Crippen molar-refractivity contribution in [2.45, 2.75) is 6.43 Å². The molecule has 2 aromatic rings. The Labute approximate surface area is 112 Å². The van der Waals surface area contributed by atoms with Gasteiger partial charge in [0.05, 0.1) is 10.7 Å². The van der Waals surface area contributed by atoms with Crippen molar-refractivity contribution in [1.82, 2.24) is 9.78 Å². The van der Waals surface area contributed by atoms with Gasteiger partial charge in [0, 0.05) is 18.2 Å². The van der Waals surface area contributed by atoms with Gasteiger partial charge in [0.15, 0.2) is 5.69 Å². The number of halogens is 3. The number of rotatable bonds is 3. The van der Waals surface area contributed by atoms with Crippen LogP contribution in [0.2, 0.25) is 5.02 Å². The molecule has 1 N–H and O–H groups in total. The van der Waals surface area contributed by atoms with E-state index in [9.17, 15) is 13.6 Å². The minimum absolute atomic E-state index is 0.0643. The van der Waals surface area contributed by atoms with Gasteiger partial charge < -0.3 is 5.11 Å². The van der Waals surface area contributed by atoms with Crippen LogP contribution >= 0.6 is 11.6 Å². The number of aromatic nitrogens is 2. The van der Waals surface area contributed by atoms with Gasteiger partial charge in [-0.3, -0.25) is 4.68 Å². The van der Waals surface area contributed by atoms with Crippen molar-refractivity contribution in [3.05, 3.63) is 40.5 Å². The summed E-state index contributed by atoms with van der Waals surface area (Å²) in [5.74, 6) is -1.22. The van der Waals surface area contributed by atoms with Crippen molar-refractivity contribution in [3.8, 4) is 11.3 Å². The van der Waals surface area contributed by atoms with E-state index in [4.69, 9.17) is 16.7 Å². The number of carboxylic acid groups (broad SMARTS) is 1. The Morgan fingerprint density at radius 1 is 1.47 bits per heavy atom. The molecule has 0 bridgehead atoms. The Morgan fingerprint density at radius 2 is 2.16 bits per heavy atom. The van der Waals surface area contributed by atoms with E-state index < -0.39 is 12.4 Å². The van der Waals surface area contributed by atoms with Crippen LogP contribution in [0.25, 0.3) is 11.3 Å². The number of nitrogens with zero attached hydrogens (tertiary/aromatic N) is 2. The van der Waals surface area contributed by atoms with E-state index in [1.807, 2.05) is 0 Å². The second-order valence-corrected chi connectivity index (χ2v) is 4.25. The zero-order valence-corrected chi connectivity index (χ0v) is 10.5. The number of aryl methyl sites for hydroxylation is 1. The standard InChI is InChI=1S/C12H9ClF2N2O2/c1-17-9(5-8(16-17)12(18)19)6-3-2-4-7(13)10(6)11(14)15/h2-5,11H,1H3,(H,18,19). The van der Waals surface area contributed by atoms with E-state index in [0.29, 0.717) is 0 Å². The van der Waals surface area contributed by atoms with E-state index in [0.717, 1.165) is 0 Å². The number of carboxylic acids is 1. The molecular weight excluding hydrogens is 278 g/mol. The number of carbonyl (C=O) groups is 1. The normalized spacial score (nSPS) is 11.0. The molecule has 7 heteroatoms. The van der Waals surface area contributed by atoms with E-state index in [-0.39, 0.29) is 27.5 Å². The molecule has 0 unspecified atom stereocenters. The molecule has 19 heavy (non-hydrogen) atoms. The number of alkyl halides is 2. The van der Waals surface area contributed by atoms with Gasteiger partial charge in [-0.2, -0.15) is 5.10 Å². The Hall–Kier alpha value is -1.95. The number of benzene rings is 1. The third-order valence-corrected chi connectivity index (χ3v) is 2.98. The Morgan fingerprint density at radius 3 is 2.68 bits per heavy atom. The lowest BCUT2D eigenvalue weighted by Gasteiger charge is -2.10. The van der Waals surface area contributed by atoms with Gasteiger partial charge in [0.1, 0.15) is 0 Å². The molecule has 0 atom stereocenters. The van der Waals surface area contributed by atoms with E-state index in [1.54, 1.807) is 0 Å². The molecule has 1 aromatic carbocycles. The Balaban J connectivity index is 2.65. The number of hydrogen-bond acceptors (Lipinski definition) is 2. The molecule has 1 aromatic heterocycles. The van der Waals surface area contributed by atoms with Crippen LogP contribution < -0.4 is 0 Å². The summed E-state index contributed by atoms with van der Waals surface area (Å²) in [7, 11) is 1.48. The van der Waals surface area contributed by atoms with Crippen molar-refractivity contribution in [2.75, 3.05) is 0 Å². The zero-order chi connectivity index (χ0) is 14.2. The molecule has 0 spiro atoms. The first-order valence-corrected chi connectivity index (χ1v) is 5.64. The molecule has 0 aliphatic rings. The summed E-state index contributed by atoms with van der Waals surface area (Å²) in [5, 5.41) is 12.5. The van der Waals surface area contributed by atoms with Gasteiger partial charge in [-0.25, -0.2) is 13.6 Å². The average molecular weight is 287 g/mol. The first-order chi connectivity index (χ1) is 8.91. The van der Waals surface area contributed by atoms with Gasteiger partial charge in [0.2, 0.25) is 0 Å². The maximum absolute atomic E-state index is 13.0. The highest BCUT2D eigenvalue weighted by Crippen LogP contribution is 2.36. The first kappa shape index (κ1) is 13.5. The van der Waals surface area contributed by atoms with Gasteiger partial charge in [-0.1, -0.05) is 23.7 Å². The highest BCUT2D eigenvalue weighted by Gasteiger charge is 2.21. The predicted octanol–water partition coefficient (Wildman–Crippen LogP) is 3.38. The quantitative estimate of drug-likeness (QED) is 0.941. The predicted molar refractivity (Wildman–Crippen MR) is 65.6 cm³/mol. The van der Waals surface area contributed by atoms with Gasteiger partial charge in [-0.15, -0.1) is 0 Å². The average Bonchev–Trinajstić information content (AvgIpc) is 2.70. The van der Waals surface area contributed by atoms with Crippen molar-refractivity contribution in [3.63, 3.8) is 0 Å². The fraction of sp³-hybridized carbons (Fsp3) is 0.167. The molecule has 1 heterocycles. The topological polar surface area (TPSA) is 55.1 Å². The molecule has 0 saturated heterocycles. The minimum Gasteiger partial charge on any atom is -0.476 e. The van der Waals surface area contributed by atoms with Gasteiger partial charge in [0.25, 0.3) is 6.43 Å². The maximum atomic E-state index is 13.0. The fourth-order valence-corrected chi connectivity index (χ4v) is 2.06. The maximum Gasteiger partial charge on any atom is 0.356 e. The van der Waals surface area contributed by atoms with Crippen molar-refractivity contribution in [1.29, 1.82) is 0 Å². The molecule has 0 saturated carbocycles. The summed E-state index contributed by atoms with van der Waals surface area (Å²) in [6, 6.07) is 5.58. The van der Waals surface area contributed by atoms with Crippen LogP contribution in [-0.4, -0.2) is 20.9 Å². The number of hydrogen-bond donors (Lipinski definition) is 1. The van der Waals surface area contributed by atoms with Gasteiger partial charge in [-0.05, 0) is 12.1 Å². The third kappa shape index (κ3) is 2.44. The zero-order valence-electron chi connectivity index (χ0n) is 9.77. The van der Waals surface area contributed by atoms with Crippen LogP contribution in [0.4, 0.5) is 8.78 Å². The number of aromatic carboxylic acids is 1. The Bertz CT molecular complexity index is 641. The summed E-state index contributed by atoms with van der Waals surface area (Å²) >= 11 is 5.77. The summed E-state index contributed by atoms with van der Waals surface area (Å²) < 4.78 is 27.3. The molecule has 0 amide bonds.